The second-order valence-corrected chi connectivity index (χ2v) is 8.50. The van der Waals surface area contributed by atoms with Gasteiger partial charge in [-0.2, -0.15) is 0 Å². The van der Waals surface area contributed by atoms with E-state index >= 15 is 0 Å². The number of hydrogen-bond acceptors (Lipinski definition) is 3. The lowest BCUT2D eigenvalue weighted by Gasteiger charge is -2.37. The molecule has 0 bridgehead atoms. The molecule has 4 rings (SSSR count). The van der Waals surface area contributed by atoms with Crippen LogP contribution in [0.4, 0.5) is 4.39 Å². The molecule has 1 aliphatic heterocycles. The minimum Gasteiger partial charge on any atom is -0.481 e. The maximum absolute atomic E-state index is 13.4. The zero-order valence-corrected chi connectivity index (χ0v) is 19.5. The fraction of sp³-hybridized carbons (Fsp3) is 0.286. The maximum Gasteiger partial charge on any atom is 0.261 e. The smallest absolute Gasteiger partial charge is 0.261 e. The molecule has 0 spiro atoms. The lowest BCUT2D eigenvalue weighted by molar-refractivity contribution is -0.131. The van der Waals surface area contributed by atoms with Crippen LogP contribution in [0.3, 0.4) is 0 Å². The summed E-state index contributed by atoms with van der Waals surface area (Å²) in [4.78, 5) is 27.1. The Morgan fingerprint density at radius 3 is 2.59 bits per heavy atom. The van der Waals surface area contributed by atoms with E-state index < -0.39 is 6.10 Å². The number of fused-ring (bicyclic) bond motifs is 1. The summed E-state index contributed by atoms with van der Waals surface area (Å²) in [5, 5.41) is 2.83. The summed E-state index contributed by atoms with van der Waals surface area (Å²) in [6.45, 7) is 4.36. The van der Waals surface area contributed by atoms with E-state index in [2.05, 4.69) is 5.32 Å². The Bertz CT molecular complexity index is 1170. The number of nitrogens with zero attached hydrogens (tertiary/aromatic N) is 1. The summed E-state index contributed by atoms with van der Waals surface area (Å²) in [5.41, 5.74) is 3.91. The number of carbonyl (C=O) groups is 2. The number of amides is 2. The van der Waals surface area contributed by atoms with Crippen molar-refractivity contribution in [3.8, 4) is 5.75 Å². The van der Waals surface area contributed by atoms with E-state index in [1.807, 2.05) is 60.4 Å². The highest BCUT2D eigenvalue weighted by Gasteiger charge is 2.31. The van der Waals surface area contributed by atoms with E-state index in [1.54, 1.807) is 19.1 Å². The monoisotopic (exact) mass is 460 g/mol. The van der Waals surface area contributed by atoms with Crippen molar-refractivity contribution in [3.63, 3.8) is 0 Å². The van der Waals surface area contributed by atoms with Crippen LogP contribution >= 0.6 is 0 Å². The first-order valence-electron chi connectivity index (χ1n) is 11.6. The van der Waals surface area contributed by atoms with Crippen LogP contribution in [-0.4, -0.2) is 29.4 Å². The number of benzene rings is 3. The molecular formula is C28H29FN2O3. The summed E-state index contributed by atoms with van der Waals surface area (Å²) in [6.07, 6.45) is 0.562. The molecule has 3 aromatic rings. The Kier molecular flexibility index (Phi) is 7.26. The van der Waals surface area contributed by atoms with Crippen molar-refractivity contribution in [1.82, 2.24) is 10.2 Å². The van der Waals surface area contributed by atoms with Crippen molar-refractivity contribution < 1.29 is 18.7 Å². The Morgan fingerprint density at radius 2 is 1.88 bits per heavy atom. The highest BCUT2D eigenvalue weighted by atomic mass is 19.1. The molecular weight excluding hydrogens is 431 g/mol. The van der Waals surface area contributed by atoms with Crippen LogP contribution in [0, 0.1) is 5.82 Å². The Hall–Kier alpha value is -3.67. The second kappa shape index (κ2) is 10.5. The average molecular weight is 461 g/mol. The standard InChI is InChI=1S/C28H29FN2O3/c1-3-26(28(33)30-18-20-8-7-11-23(29)16-20)34-24-13-12-21-14-15-31(19(2)32)27(25(21)17-24)22-9-5-4-6-10-22/h4-13,16-17,26-27H,3,14-15,18H2,1-2H3,(H,30,33)/t26-,27-/m0/s1. The van der Waals surface area contributed by atoms with Gasteiger partial charge in [-0.1, -0.05) is 55.5 Å². The molecule has 176 valence electrons. The van der Waals surface area contributed by atoms with E-state index in [9.17, 15) is 14.0 Å². The summed E-state index contributed by atoms with van der Waals surface area (Å²) >= 11 is 0. The third-order valence-electron chi connectivity index (χ3n) is 6.16. The molecule has 2 amide bonds. The highest BCUT2D eigenvalue weighted by molar-refractivity contribution is 5.81. The van der Waals surface area contributed by atoms with Gasteiger partial charge in [0.2, 0.25) is 5.91 Å². The molecule has 3 aromatic carbocycles. The molecule has 1 aliphatic rings. The van der Waals surface area contributed by atoms with Crippen LogP contribution in [0.5, 0.6) is 5.75 Å². The first kappa shape index (κ1) is 23.5. The number of hydrogen-bond donors (Lipinski definition) is 1. The van der Waals surface area contributed by atoms with Gasteiger partial charge >= 0.3 is 0 Å². The summed E-state index contributed by atoms with van der Waals surface area (Å²) in [7, 11) is 0. The van der Waals surface area contributed by atoms with Crippen molar-refractivity contribution >= 4 is 11.8 Å². The normalized spacial score (nSPS) is 15.9. The molecule has 0 aliphatic carbocycles. The quantitative estimate of drug-likeness (QED) is 0.551. The van der Waals surface area contributed by atoms with Gasteiger partial charge in [0.05, 0.1) is 6.04 Å². The van der Waals surface area contributed by atoms with E-state index in [-0.39, 0.29) is 30.2 Å². The molecule has 1 N–H and O–H groups in total. The molecule has 0 unspecified atom stereocenters. The molecule has 0 fully saturated rings. The van der Waals surface area contributed by atoms with Gasteiger partial charge in [-0.15, -0.1) is 0 Å². The van der Waals surface area contributed by atoms with Crippen molar-refractivity contribution in [1.29, 1.82) is 0 Å². The lowest BCUT2D eigenvalue weighted by atomic mass is 9.88. The highest BCUT2D eigenvalue weighted by Crippen LogP contribution is 2.37. The molecule has 0 radical (unpaired) electrons. The molecule has 5 nitrogen and oxygen atoms in total. The van der Waals surface area contributed by atoms with E-state index in [0.717, 1.165) is 17.5 Å². The van der Waals surface area contributed by atoms with E-state index in [0.29, 0.717) is 24.3 Å². The third-order valence-corrected chi connectivity index (χ3v) is 6.16. The van der Waals surface area contributed by atoms with Crippen LogP contribution in [0.1, 0.15) is 48.6 Å². The molecule has 6 heteroatoms. The topological polar surface area (TPSA) is 58.6 Å². The Labute approximate surface area is 199 Å². The zero-order chi connectivity index (χ0) is 24.1. The van der Waals surface area contributed by atoms with Gasteiger partial charge in [0.15, 0.2) is 6.10 Å². The van der Waals surface area contributed by atoms with Crippen LogP contribution < -0.4 is 10.1 Å². The lowest BCUT2D eigenvalue weighted by Crippen LogP contribution is -2.39. The van der Waals surface area contributed by atoms with Crippen LogP contribution in [0.2, 0.25) is 0 Å². The molecule has 1 heterocycles. The zero-order valence-electron chi connectivity index (χ0n) is 19.5. The van der Waals surface area contributed by atoms with E-state index in [1.165, 1.54) is 17.7 Å². The predicted molar refractivity (Wildman–Crippen MR) is 129 cm³/mol. The number of halogens is 1. The third kappa shape index (κ3) is 5.28. The van der Waals surface area contributed by atoms with E-state index in [4.69, 9.17) is 4.74 Å². The largest absolute Gasteiger partial charge is 0.481 e. The summed E-state index contributed by atoms with van der Waals surface area (Å²) in [5.74, 6) is 0.0120. The van der Waals surface area contributed by atoms with Gasteiger partial charge in [0, 0.05) is 20.0 Å². The minimum atomic E-state index is -0.686. The Balaban J connectivity index is 1.54. The molecule has 0 saturated heterocycles. The summed E-state index contributed by atoms with van der Waals surface area (Å²) in [6, 6.07) is 21.8. The molecule has 2 atom stereocenters. The van der Waals surface area contributed by atoms with Gasteiger partial charge < -0.3 is 15.0 Å². The minimum absolute atomic E-state index is 0.0222. The first-order chi connectivity index (χ1) is 16.5. The summed E-state index contributed by atoms with van der Waals surface area (Å²) < 4.78 is 19.5. The fourth-order valence-corrected chi connectivity index (χ4v) is 4.44. The molecule has 34 heavy (non-hydrogen) atoms. The number of ether oxygens (including phenoxy) is 1. The number of carbonyl (C=O) groups excluding carboxylic acids is 2. The average Bonchev–Trinajstić information content (AvgIpc) is 2.85. The van der Waals surface area contributed by atoms with Gasteiger partial charge in [0.25, 0.3) is 5.91 Å². The van der Waals surface area contributed by atoms with Gasteiger partial charge in [-0.05, 0) is 59.4 Å². The van der Waals surface area contributed by atoms with Crippen molar-refractivity contribution in [2.75, 3.05) is 6.54 Å². The van der Waals surface area contributed by atoms with Crippen molar-refractivity contribution in [2.24, 2.45) is 0 Å². The number of nitrogens with one attached hydrogen (secondary N) is 1. The Morgan fingerprint density at radius 1 is 1.09 bits per heavy atom. The van der Waals surface area contributed by atoms with Crippen molar-refractivity contribution in [3.05, 3.63) is 101 Å². The predicted octanol–water partition coefficient (Wildman–Crippen LogP) is 4.79. The SMILES string of the molecule is CC[C@H](Oc1ccc2c(c1)[C@H](c1ccccc1)N(C(C)=O)CC2)C(=O)NCc1cccc(F)c1. The van der Waals surface area contributed by atoms with Gasteiger partial charge in [0.1, 0.15) is 11.6 Å². The van der Waals surface area contributed by atoms with Crippen molar-refractivity contribution in [2.45, 2.75) is 45.4 Å². The van der Waals surface area contributed by atoms with Crippen LogP contribution in [0.25, 0.3) is 0 Å². The van der Waals surface area contributed by atoms with Crippen LogP contribution in [-0.2, 0) is 22.6 Å². The molecule has 0 aromatic heterocycles. The molecule has 0 saturated carbocycles. The van der Waals surface area contributed by atoms with Crippen LogP contribution in [0.15, 0.2) is 72.8 Å². The van der Waals surface area contributed by atoms with Gasteiger partial charge in [-0.25, -0.2) is 4.39 Å². The fourth-order valence-electron chi connectivity index (χ4n) is 4.44. The van der Waals surface area contributed by atoms with Gasteiger partial charge in [-0.3, -0.25) is 9.59 Å². The second-order valence-electron chi connectivity index (χ2n) is 8.50. The number of rotatable bonds is 7. The maximum atomic E-state index is 13.4. The first-order valence-corrected chi connectivity index (χ1v) is 11.6.